The standard InChI is InChI=1S/C20H24N4O3/c1-26-17-5-2-15(3-6-17)4-7-19(25)24-13-16-12-21-20(22-18(16)14-24)23-8-10-27-11-9-23/h2-3,5-6,12H,4,7-11,13-14H2,1H3. The summed E-state index contributed by atoms with van der Waals surface area (Å²) in [5.41, 5.74) is 3.14. The number of rotatable bonds is 5. The van der Waals surface area contributed by atoms with Crippen LogP contribution in [0.25, 0.3) is 0 Å². The van der Waals surface area contributed by atoms with Gasteiger partial charge in [-0.25, -0.2) is 9.97 Å². The molecule has 0 saturated carbocycles. The number of morpholine rings is 1. The van der Waals surface area contributed by atoms with Crippen LogP contribution in [0.15, 0.2) is 30.5 Å². The average molecular weight is 368 g/mol. The first-order valence-electron chi connectivity index (χ1n) is 9.31. The van der Waals surface area contributed by atoms with Crippen LogP contribution in [0.1, 0.15) is 23.2 Å². The van der Waals surface area contributed by atoms with E-state index in [-0.39, 0.29) is 5.91 Å². The summed E-state index contributed by atoms with van der Waals surface area (Å²) in [5, 5.41) is 0. The van der Waals surface area contributed by atoms with Crippen molar-refractivity contribution in [3.05, 3.63) is 47.3 Å². The van der Waals surface area contributed by atoms with Gasteiger partial charge < -0.3 is 19.3 Å². The van der Waals surface area contributed by atoms with Crippen LogP contribution in [-0.2, 0) is 29.0 Å². The Bertz CT molecular complexity index is 803. The molecule has 0 aliphatic carbocycles. The van der Waals surface area contributed by atoms with Gasteiger partial charge in [0.15, 0.2) is 0 Å². The maximum absolute atomic E-state index is 12.6. The molecule has 1 fully saturated rings. The summed E-state index contributed by atoms with van der Waals surface area (Å²) in [6.07, 6.45) is 3.08. The fourth-order valence-electron chi connectivity index (χ4n) is 3.44. The fourth-order valence-corrected chi connectivity index (χ4v) is 3.44. The number of aryl methyl sites for hydroxylation is 1. The second-order valence-electron chi connectivity index (χ2n) is 6.84. The zero-order chi connectivity index (χ0) is 18.6. The zero-order valence-electron chi connectivity index (χ0n) is 15.6. The molecule has 1 aromatic carbocycles. The average Bonchev–Trinajstić information content (AvgIpc) is 3.16. The maximum Gasteiger partial charge on any atom is 0.225 e. The molecule has 1 saturated heterocycles. The molecular weight excluding hydrogens is 344 g/mol. The van der Waals surface area contributed by atoms with Gasteiger partial charge in [0.25, 0.3) is 0 Å². The number of amides is 1. The van der Waals surface area contributed by atoms with Gasteiger partial charge in [0.05, 0.1) is 32.6 Å². The Kier molecular flexibility index (Phi) is 5.20. The Labute approximate surface area is 158 Å². The van der Waals surface area contributed by atoms with E-state index in [1.165, 1.54) is 0 Å². The topological polar surface area (TPSA) is 67.8 Å². The number of ether oxygens (including phenoxy) is 2. The number of aromatic nitrogens is 2. The number of nitrogens with zero attached hydrogens (tertiary/aromatic N) is 4. The molecule has 2 aliphatic heterocycles. The molecule has 0 bridgehead atoms. The van der Waals surface area contributed by atoms with Crippen LogP contribution < -0.4 is 9.64 Å². The highest BCUT2D eigenvalue weighted by atomic mass is 16.5. The van der Waals surface area contributed by atoms with Crippen molar-refractivity contribution >= 4 is 11.9 Å². The fraction of sp³-hybridized carbons (Fsp3) is 0.450. The number of benzene rings is 1. The number of hydrogen-bond donors (Lipinski definition) is 0. The molecule has 0 unspecified atom stereocenters. The van der Waals surface area contributed by atoms with Gasteiger partial charge in [-0.15, -0.1) is 0 Å². The van der Waals surface area contributed by atoms with Crippen LogP contribution in [0, 0.1) is 0 Å². The number of anilines is 1. The Morgan fingerprint density at radius 3 is 2.70 bits per heavy atom. The molecule has 0 N–H and O–H groups in total. The van der Waals surface area contributed by atoms with Gasteiger partial charge in [0, 0.05) is 37.8 Å². The lowest BCUT2D eigenvalue weighted by Gasteiger charge is -2.26. The summed E-state index contributed by atoms with van der Waals surface area (Å²) in [4.78, 5) is 25.8. The van der Waals surface area contributed by atoms with Crippen LogP contribution in [0.4, 0.5) is 5.95 Å². The molecule has 1 amide bonds. The van der Waals surface area contributed by atoms with Gasteiger partial charge in [0.2, 0.25) is 11.9 Å². The van der Waals surface area contributed by atoms with Gasteiger partial charge >= 0.3 is 0 Å². The molecule has 0 radical (unpaired) electrons. The Morgan fingerprint density at radius 2 is 1.96 bits per heavy atom. The van der Waals surface area contributed by atoms with Crippen LogP contribution in [0.5, 0.6) is 5.75 Å². The minimum Gasteiger partial charge on any atom is -0.497 e. The molecule has 0 spiro atoms. The monoisotopic (exact) mass is 368 g/mol. The van der Waals surface area contributed by atoms with Crippen molar-refractivity contribution in [3.8, 4) is 5.75 Å². The van der Waals surface area contributed by atoms with Crippen molar-refractivity contribution in [1.82, 2.24) is 14.9 Å². The van der Waals surface area contributed by atoms with Gasteiger partial charge in [-0.2, -0.15) is 0 Å². The quantitative estimate of drug-likeness (QED) is 0.802. The van der Waals surface area contributed by atoms with Crippen LogP contribution in [-0.4, -0.2) is 54.2 Å². The smallest absolute Gasteiger partial charge is 0.225 e. The summed E-state index contributed by atoms with van der Waals surface area (Å²) >= 11 is 0. The Balaban J connectivity index is 1.34. The molecular formula is C20H24N4O3. The predicted molar refractivity (Wildman–Crippen MR) is 101 cm³/mol. The summed E-state index contributed by atoms with van der Waals surface area (Å²) < 4.78 is 10.5. The van der Waals surface area contributed by atoms with Crippen molar-refractivity contribution in [1.29, 1.82) is 0 Å². The van der Waals surface area contributed by atoms with E-state index < -0.39 is 0 Å². The van der Waals surface area contributed by atoms with Crippen LogP contribution in [0.2, 0.25) is 0 Å². The molecule has 4 rings (SSSR count). The Hall–Kier alpha value is -2.67. The summed E-state index contributed by atoms with van der Waals surface area (Å²) in [6.45, 7) is 4.19. The van der Waals surface area contributed by atoms with Gasteiger partial charge in [-0.3, -0.25) is 4.79 Å². The van der Waals surface area contributed by atoms with Crippen molar-refractivity contribution in [2.45, 2.75) is 25.9 Å². The van der Waals surface area contributed by atoms with E-state index in [1.807, 2.05) is 35.4 Å². The maximum atomic E-state index is 12.6. The first-order valence-corrected chi connectivity index (χ1v) is 9.31. The van der Waals surface area contributed by atoms with Gasteiger partial charge in [0.1, 0.15) is 5.75 Å². The summed E-state index contributed by atoms with van der Waals surface area (Å²) in [7, 11) is 1.65. The van der Waals surface area contributed by atoms with Crippen molar-refractivity contribution in [2.75, 3.05) is 38.3 Å². The van der Waals surface area contributed by atoms with Crippen LogP contribution in [0.3, 0.4) is 0 Å². The highest BCUT2D eigenvalue weighted by molar-refractivity contribution is 5.77. The number of fused-ring (bicyclic) bond motifs is 1. The van der Waals surface area contributed by atoms with Gasteiger partial charge in [-0.05, 0) is 24.1 Å². The molecule has 2 aromatic rings. The van der Waals surface area contributed by atoms with Crippen LogP contribution >= 0.6 is 0 Å². The highest BCUT2D eigenvalue weighted by Gasteiger charge is 2.26. The molecule has 2 aliphatic rings. The molecule has 7 nitrogen and oxygen atoms in total. The lowest BCUT2D eigenvalue weighted by Crippen LogP contribution is -2.37. The SMILES string of the molecule is COc1ccc(CCC(=O)N2Cc3cnc(N4CCOCC4)nc3C2)cc1. The van der Waals surface area contributed by atoms with E-state index in [4.69, 9.17) is 14.5 Å². The number of methoxy groups -OCH3 is 1. The normalized spacial score (nSPS) is 16.3. The number of carbonyl (C=O) groups excluding carboxylic acids is 1. The summed E-state index contributed by atoms with van der Waals surface area (Å²) in [5.74, 6) is 1.72. The van der Waals surface area contributed by atoms with E-state index in [1.54, 1.807) is 7.11 Å². The molecule has 1 aromatic heterocycles. The number of hydrogen-bond acceptors (Lipinski definition) is 6. The molecule has 3 heterocycles. The van der Waals surface area contributed by atoms with E-state index in [0.717, 1.165) is 48.0 Å². The van der Waals surface area contributed by atoms with E-state index in [9.17, 15) is 4.79 Å². The second-order valence-corrected chi connectivity index (χ2v) is 6.84. The second kappa shape index (κ2) is 7.92. The largest absolute Gasteiger partial charge is 0.497 e. The summed E-state index contributed by atoms with van der Waals surface area (Å²) in [6, 6.07) is 7.86. The highest BCUT2D eigenvalue weighted by Crippen LogP contribution is 2.24. The number of carbonyl (C=O) groups is 1. The molecule has 7 heteroatoms. The zero-order valence-corrected chi connectivity index (χ0v) is 15.6. The van der Waals surface area contributed by atoms with Crippen molar-refractivity contribution in [2.24, 2.45) is 0 Å². The van der Waals surface area contributed by atoms with E-state index in [0.29, 0.717) is 32.7 Å². The first kappa shape index (κ1) is 17.7. The minimum absolute atomic E-state index is 0.150. The lowest BCUT2D eigenvalue weighted by atomic mass is 10.1. The third kappa shape index (κ3) is 4.03. The predicted octanol–water partition coefficient (Wildman–Crippen LogP) is 1.80. The third-order valence-electron chi connectivity index (χ3n) is 5.08. The Morgan fingerprint density at radius 1 is 1.19 bits per heavy atom. The molecule has 0 atom stereocenters. The third-order valence-corrected chi connectivity index (χ3v) is 5.08. The van der Waals surface area contributed by atoms with E-state index >= 15 is 0 Å². The van der Waals surface area contributed by atoms with Gasteiger partial charge in [-0.1, -0.05) is 12.1 Å². The van der Waals surface area contributed by atoms with E-state index in [2.05, 4.69) is 9.88 Å². The minimum atomic E-state index is 0.150. The first-order chi connectivity index (χ1) is 13.2. The molecule has 142 valence electrons. The van der Waals surface area contributed by atoms with Crippen molar-refractivity contribution < 1.29 is 14.3 Å². The lowest BCUT2D eigenvalue weighted by molar-refractivity contribution is -0.131. The van der Waals surface area contributed by atoms with Crippen molar-refractivity contribution in [3.63, 3.8) is 0 Å². The molecule has 27 heavy (non-hydrogen) atoms.